The smallest absolute Gasteiger partial charge is 0.293 e. The van der Waals surface area contributed by atoms with Gasteiger partial charge in [-0.2, -0.15) is 0 Å². The normalized spacial score (nSPS) is 10.3. The molecule has 4 nitrogen and oxygen atoms in total. The molecule has 1 aromatic carbocycles. The van der Waals surface area contributed by atoms with E-state index >= 15 is 0 Å². The number of halogens is 2. The van der Waals surface area contributed by atoms with E-state index in [0.29, 0.717) is 10.2 Å². The minimum absolute atomic E-state index is 0.0762. The fraction of sp³-hybridized carbons (Fsp3) is 0.0909. The maximum absolute atomic E-state index is 13.5. The van der Waals surface area contributed by atoms with Gasteiger partial charge in [0.1, 0.15) is 5.82 Å². The average Bonchev–Trinajstić information content (AvgIpc) is 2.68. The molecule has 0 radical (unpaired) electrons. The van der Waals surface area contributed by atoms with Crippen molar-refractivity contribution >= 4 is 27.5 Å². The molecule has 0 aliphatic carbocycles. The van der Waals surface area contributed by atoms with Crippen LogP contribution in [-0.2, 0) is 0 Å². The van der Waals surface area contributed by atoms with Gasteiger partial charge in [-0.3, -0.25) is 4.79 Å². The van der Waals surface area contributed by atoms with E-state index in [1.807, 2.05) is 0 Å². The second-order valence-corrected chi connectivity index (χ2v) is 4.26. The van der Waals surface area contributed by atoms with Crippen LogP contribution in [0.25, 0.3) is 0 Å². The van der Waals surface area contributed by atoms with E-state index in [0.717, 1.165) is 0 Å². The summed E-state index contributed by atoms with van der Waals surface area (Å²) in [6, 6.07) is 4.36. The lowest BCUT2D eigenvalue weighted by atomic mass is 10.3. The van der Waals surface area contributed by atoms with Gasteiger partial charge in [0.2, 0.25) is 5.76 Å². The zero-order valence-corrected chi connectivity index (χ0v) is 10.4. The van der Waals surface area contributed by atoms with E-state index in [-0.39, 0.29) is 11.4 Å². The van der Waals surface area contributed by atoms with Crippen molar-refractivity contribution in [1.82, 2.24) is 4.98 Å². The molecule has 1 aromatic heterocycles. The zero-order chi connectivity index (χ0) is 12.4. The van der Waals surface area contributed by atoms with Crippen LogP contribution in [0, 0.1) is 12.7 Å². The van der Waals surface area contributed by atoms with Crippen molar-refractivity contribution in [2.24, 2.45) is 0 Å². The first-order valence-corrected chi connectivity index (χ1v) is 5.53. The van der Waals surface area contributed by atoms with Crippen LogP contribution in [0.2, 0.25) is 0 Å². The Hall–Kier alpha value is -1.69. The molecule has 0 bridgehead atoms. The highest BCUT2D eigenvalue weighted by Gasteiger charge is 2.15. The third kappa shape index (κ3) is 2.52. The molecule has 17 heavy (non-hydrogen) atoms. The Kier molecular flexibility index (Phi) is 3.23. The molecular weight excluding hydrogens is 291 g/mol. The highest BCUT2D eigenvalue weighted by molar-refractivity contribution is 9.10. The molecule has 0 spiro atoms. The molecule has 88 valence electrons. The number of hydrogen-bond acceptors (Lipinski definition) is 3. The van der Waals surface area contributed by atoms with Crippen LogP contribution in [0.5, 0.6) is 0 Å². The van der Waals surface area contributed by atoms with Gasteiger partial charge in [0.15, 0.2) is 6.39 Å². The van der Waals surface area contributed by atoms with Crippen LogP contribution in [-0.4, -0.2) is 10.9 Å². The molecule has 0 aliphatic heterocycles. The monoisotopic (exact) mass is 298 g/mol. The van der Waals surface area contributed by atoms with Crippen molar-refractivity contribution in [1.29, 1.82) is 0 Å². The van der Waals surface area contributed by atoms with Crippen molar-refractivity contribution in [2.75, 3.05) is 5.32 Å². The van der Waals surface area contributed by atoms with Crippen LogP contribution >= 0.6 is 15.9 Å². The number of rotatable bonds is 2. The Balaban J connectivity index is 2.22. The number of benzene rings is 1. The Labute approximate surface area is 105 Å². The summed E-state index contributed by atoms with van der Waals surface area (Å²) in [4.78, 5) is 15.5. The van der Waals surface area contributed by atoms with E-state index in [1.54, 1.807) is 13.0 Å². The van der Waals surface area contributed by atoms with Gasteiger partial charge in [0, 0.05) is 4.47 Å². The summed E-state index contributed by atoms with van der Waals surface area (Å²) < 4.78 is 19.0. The molecule has 0 fully saturated rings. The van der Waals surface area contributed by atoms with Crippen molar-refractivity contribution in [3.8, 4) is 0 Å². The summed E-state index contributed by atoms with van der Waals surface area (Å²) in [5, 5.41) is 2.41. The molecule has 1 N–H and O–H groups in total. The van der Waals surface area contributed by atoms with Crippen molar-refractivity contribution in [3.63, 3.8) is 0 Å². The topological polar surface area (TPSA) is 55.1 Å². The summed E-state index contributed by atoms with van der Waals surface area (Å²) in [6.45, 7) is 1.64. The van der Waals surface area contributed by atoms with Crippen molar-refractivity contribution < 1.29 is 13.6 Å². The van der Waals surface area contributed by atoms with E-state index in [2.05, 4.69) is 26.2 Å². The second-order valence-electron chi connectivity index (χ2n) is 3.35. The summed E-state index contributed by atoms with van der Waals surface area (Å²) in [7, 11) is 0. The van der Waals surface area contributed by atoms with E-state index in [4.69, 9.17) is 4.42 Å². The largest absolute Gasteiger partial charge is 0.438 e. The lowest BCUT2D eigenvalue weighted by Crippen LogP contribution is -2.13. The maximum atomic E-state index is 13.5. The number of carbonyl (C=O) groups excluding carboxylic acids is 1. The zero-order valence-electron chi connectivity index (χ0n) is 8.83. The number of aromatic nitrogens is 1. The maximum Gasteiger partial charge on any atom is 0.293 e. The molecule has 1 amide bonds. The molecule has 0 aliphatic rings. The van der Waals surface area contributed by atoms with Gasteiger partial charge in [0.25, 0.3) is 5.91 Å². The third-order valence-electron chi connectivity index (χ3n) is 2.13. The predicted molar refractivity (Wildman–Crippen MR) is 63.3 cm³/mol. The number of nitrogens with one attached hydrogen (secondary N) is 1. The molecule has 2 rings (SSSR count). The molecule has 1 heterocycles. The number of carbonyl (C=O) groups is 1. The Morgan fingerprint density at radius 2 is 2.29 bits per heavy atom. The number of hydrogen-bond donors (Lipinski definition) is 1. The molecule has 2 aromatic rings. The van der Waals surface area contributed by atoms with Crippen LogP contribution in [0.15, 0.2) is 33.5 Å². The fourth-order valence-corrected chi connectivity index (χ4v) is 1.62. The Morgan fingerprint density at radius 3 is 2.88 bits per heavy atom. The lowest BCUT2D eigenvalue weighted by Gasteiger charge is -2.05. The highest BCUT2D eigenvalue weighted by atomic mass is 79.9. The van der Waals surface area contributed by atoms with Gasteiger partial charge in [-0.05, 0) is 25.1 Å². The predicted octanol–water partition coefficient (Wildman–Crippen LogP) is 3.14. The molecule has 6 heteroatoms. The number of oxazole rings is 1. The molecule has 0 saturated heterocycles. The van der Waals surface area contributed by atoms with Gasteiger partial charge in [0.05, 0.1) is 11.4 Å². The van der Waals surface area contributed by atoms with E-state index in [1.165, 1.54) is 18.5 Å². The standard InChI is InChI=1S/C11H8BrFN2O2/c1-6-10(17-5-14-6)11(16)15-9-3-2-7(12)4-8(9)13/h2-5H,1H3,(H,15,16). The van der Waals surface area contributed by atoms with Crippen molar-refractivity contribution in [3.05, 3.63) is 46.3 Å². The average molecular weight is 299 g/mol. The minimum atomic E-state index is -0.527. The van der Waals surface area contributed by atoms with Crippen LogP contribution in [0.4, 0.5) is 10.1 Å². The Morgan fingerprint density at radius 1 is 1.53 bits per heavy atom. The second kappa shape index (κ2) is 4.67. The van der Waals surface area contributed by atoms with E-state index < -0.39 is 11.7 Å². The van der Waals surface area contributed by atoms with Crippen LogP contribution in [0.1, 0.15) is 16.2 Å². The first kappa shape index (κ1) is 11.8. The summed E-state index contributed by atoms with van der Waals surface area (Å²) in [6.07, 6.45) is 1.17. The third-order valence-corrected chi connectivity index (χ3v) is 2.62. The number of amides is 1. The molecule has 0 atom stereocenters. The number of anilines is 1. The van der Waals surface area contributed by atoms with Crippen molar-refractivity contribution in [2.45, 2.75) is 6.92 Å². The quantitative estimate of drug-likeness (QED) is 0.927. The summed E-state index contributed by atoms with van der Waals surface area (Å²) in [5.74, 6) is -0.974. The van der Waals surface area contributed by atoms with E-state index in [9.17, 15) is 9.18 Å². The fourth-order valence-electron chi connectivity index (χ4n) is 1.29. The highest BCUT2D eigenvalue weighted by Crippen LogP contribution is 2.20. The van der Waals surface area contributed by atoms with Gasteiger partial charge in [-0.1, -0.05) is 15.9 Å². The molecular formula is C11H8BrFN2O2. The van der Waals surface area contributed by atoms with Gasteiger partial charge in [-0.25, -0.2) is 9.37 Å². The molecule has 0 unspecified atom stereocenters. The minimum Gasteiger partial charge on any atom is -0.438 e. The van der Waals surface area contributed by atoms with Gasteiger partial charge >= 0.3 is 0 Å². The van der Waals surface area contributed by atoms with Crippen LogP contribution in [0.3, 0.4) is 0 Å². The lowest BCUT2D eigenvalue weighted by molar-refractivity contribution is 0.0995. The summed E-state index contributed by atoms with van der Waals surface area (Å²) in [5.41, 5.74) is 0.550. The SMILES string of the molecule is Cc1ncoc1C(=O)Nc1ccc(Br)cc1F. The number of nitrogens with zero attached hydrogens (tertiary/aromatic N) is 1. The summed E-state index contributed by atoms with van der Waals surface area (Å²) >= 11 is 3.13. The first-order valence-electron chi connectivity index (χ1n) is 4.74. The molecule has 0 saturated carbocycles. The van der Waals surface area contributed by atoms with Gasteiger partial charge in [-0.15, -0.1) is 0 Å². The first-order chi connectivity index (χ1) is 8.08. The number of aryl methyl sites for hydroxylation is 1. The van der Waals surface area contributed by atoms with Crippen LogP contribution < -0.4 is 5.32 Å². The Bertz CT molecular complexity index is 568. The van der Waals surface area contributed by atoms with Gasteiger partial charge < -0.3 is 9.73 Å².